The van der Waals surface area contributed by atoms with Gasteiger partial charge in [-0.25, -0.2) is 4.98 Å². The lowest BCUT2D eigenvalue weighted by Crippen LogP contribution is -2.18. The molecule has 6 nitrogen and oxygen atoms in total. The highest BCUT2D eigenvalue weighted by molar-refractivity contribution is 5.76. The highest BCUT2D eigenvalue weighted by Gasteiger charge is 2.11. The lowest BCUT2D eigenvalue weighted by Gasteiger charge is -2.12. The number of imidazole rings is 1. The van der Waals surface area contributed by atoms with Crippen molar-refractivity contribution in [2.75, 3.05) is 0 Å². The maximum Gasteiger partial charge on any atom is 0.303 e. The summed E-state index contributed by atoms with van der Waals surface area (Å²) in [5.41, 5.74) is 3.09. The summed E-state index contributed by atoms with van der Waals surface area (Å²) in [5.74, 6) is 0.544. The average molecular weight is 315 g/mol. The van der Waals surface area contributed by atoms with Gasteiger partial charge in [-0.15, -0.1) is 0 Å². The van der Waals surface area contributed by atoms with Gasteiger partial charge in [0, 0.05) is 19.9 Å². The number of allylic oxidation sites excluding steroid dienone is 1. The molecule has 0 fully saturated rings. The Morgan fingerprint density at radius 2 is 2.17 bits per heavy atom. The molecule has 0 radical (unpaired) electrons. The molecule has 0 aliphatic carbocycles. The Kier molecular flexibility index (Phi) is 5.51. The zero-order chi connectivity index (χ0) is 16.8. The van der Waals surface area contributed by atoms with Crippen molar-refractivity contribution in [3.05, 3.63) is 41.7 Å². The van der Waals surface area contributed by atoms with Gasteiger partial charge >= 0.3 is 5.97 Å². The SMILES string of the molecule is CC(=O)OC(/C=N/O)C/C(C)=C/Cn1c(C)nc2ccccc21. The van der Waals surface area contributed by atoms with Crippen LogP contribution in [0.4, 0.5) is 0 Å². The number of carbonyl (C=O) groups is 1. The first-order chi connectivity index (χ1) is 11.0. The van der Waals surface area contributed by atoms with Gasteiger partial charge in [-0.2, -0.15) is 0 Å². The predicted molar refractivity (Wildman–Crippen MR) is 88.7 cm³/mol. The molecule has 1 aromatic carbocycles. The van der Waals surface area contributed by atoms with Crippen molar-refractivity contribution in [3.63, 3.8) is 0 Å². The number of esters is 1. The van der Waals surface area contributed by atoms with Crippen molar-refractivity contribution in [2.24, 2.45) is 5.16 Å². The molecule has 0 saturated carbocycles. The summed E-state index contributed by atoms with van der Waals surface area (Å²) in [7, 11) is 0. The quantitative estimate of drug-likeness (QED) is 0.292. The number of aryl methyl sites for hydroxylation is 1. The van der Waals surface area contributed by atoms with Gasteiger partial charge < -0.3 is 14.5 Å². The molecule has 0 aliphatic rings. The summed E-state index contributed by atoms with van der Waals surface area (Å²) in [4.78, 5) is 15.6. The van der Waals surface area contributed by atoms with Gasteiger partial charge in [0.05, 0.1) is 17.2 Å². The van der Waals surface area contributed by atoms with E-state index >= 15 is 0 Å². The van der Waals surface area contributed by atoms with E-state index in [-0.39, 0.29) is 0 Å². The summed E-state index contributed by atoms with van der Waals surface area (Å²) >= 11 is 0. The summed E-state index contributed by atoms with van der Waals surface area (Å²) in [5, 5.41) is 11.6. The van der Waals surface area contributed by atoms with Crippen molar-refractivity contribution in [1.29, 1.82) is 0 Å². The molecule has 0 amide bonds. The van der Waals surface area contributed by atoms with Crippen LogP contribution >= 0.6 is 0 Å². The van der Waals surface area contributed by atoms with Crippen molar-refractivity contribution in [2.45, 2.75) is 39.8 Å². The van der Waals surface area contributed by atoms with Crippen LogP contribution in [0, 0.1) is 6.92 Å². The van der Waals surface area contributed by atoms with Crippen LogP contribution in [0.2, 0.25) is 0 Å². The molecule has 2 aromatic rings. The summed E-state index contributed by atoms with van der Waals surface area (Å²) in [6.45, 7) is 5.94. The zero-order valence-corrected chi connectivity index (χ0v) is 13.6. The number of hydrogen-bond donors (Lipinski definition) is 1. The summed E-state index contributed by atoms with van der Waals surface area (Å²) in [6, 6.07) is 7.99. The van der Waals surface area contributed by atoms with Gasteiger partial charge in [0.2, 0.25) is 0 Å². The fourth-order valence-electron chi connectivity index (χ4n) is 2.49. The Labute approximate surface area is 135 Å². The van der Waals surface area contributed by atoms with E-state index in [2.05, 4.69) is 20.8 Å². The van der Waals surface area contributed by atoms with Gasteiger partial charge in [-0.05, 0) is 26.0 Å². The number of nitrogens with zero attached hydrogens (tertiary/aromatic N) is 3. The Balaban J connectivity index is 2.11. The van der Waals surface area contributed by atoms with E-state index in [0.717, 1.165) is 22.4 Å². The first kappa shape index (κ1) is 16.7. The first-order valence-corrected chi connectivity index (χ1v) is 7.43. The fraction of sp³-hybridized carbons (Fsp3) is 0.353. The number of carbonyl (C=O) groups excluding carboxylic acids is 1. The molecular formula is C17H21N3O3. The monoisotopic (exact) mass is 315 g/mol. The highest BCUT2D eigenvalue weighted by Crippen LogP contribution is 2.16. The molecule has 1 unspecified atom stereocenters. The number of ether oxygens (including phenoxy) is 1. The second-order valence-corrected chi connectivity index (χ2v) is 5.43. The average Bonchev–Trinajstić information content (AvgIpc) is 2.80. The van der Waals surface area contributed by atoms with E-state index in [0.29, 0.717) is 13.0 Å². The lowest BCUT2D eigenvalue weighted by molar-refractivity contribution is -0.143. The molecule has 6 heteroatoms. The van der Waals surface area contributed by atoms with Crippen LogP contribution in [0.25, 0.3) is 11.0 Å². The Hall–Kier alpha value is -2.63. The second kappa shape index (κ2) is 7.58. The van der Waals surface area contributed by atoms with E-state index in [9.17, 15) is 4.79 Å². The van der Waals surface area contributed by atoms with Crippen molar-refractivity contribution in [1.82, 2.24) is 9.55 Å². The maximum absolute atomic E-state index is 11.0. The summed E-state index contributed by atoms with van der Waals surface area (Å²) in [6.07, 6.45) is 3.20. The molecule has 0 saturated heterocycles. The van der Waals surface area contributed by atoms with Gasteiger partial charge in [0.15, 0.2) is 0 Å². The first-order valence-electron chi connectivity index (χ1n) is 7.43. The van der Waals surface area contributed by atoms with Gasteiger partial charge in [0.1, 0.15) is 11.9 Å². The van der Waals surface area contributed by atoms with Gasteiger partial charge in [-0.1, -0.05) is 28.9 Å². The van der Waals surface area contributed by atoms with Crippen LogP contribution in [0.15, 0.2) is 41.1 Å². The molecule has 0 bridgehead atoms. The standard InChI is InChI=1S/C17H21N3O3/c1-12(10-15(11-18-22)23-14(3)21)8-9-20-13(2)19-16-6-4-5-7-17(16)20/h4-8,11,15,22H,9-10H2,1-3H3/b12-8+,18-11+. The number of para-hydroxylation sites is 2. The molecule has 0 spiro atoms. The summed E-state index contributed by atoms with van der Waals surface area (Å²) < 4.78 is 7.21. The predicted octanol–water partition coefficient (Wildman–Crippen LogP) is 3.07. The number of fused-ring (bicyclic) bond motifs is 1. The number of oxime groups is 1. The lowest BCUT2D eigenvalue weighted by atomic mass is 10.1. The third-order valence-electron chi connectivity index (χ3n) is 3.54. The zero-order valence-electron chi connectivity index (χ0n) is 13.6. The van der Waals surface area contributed by atoms with Crippen LogP contribution in [0.5, 0.6) is 0 Å². The topological polar surface area (TPSA) is 76.7 Å². The molecule has 1 heterocycles. The molecule has 122 valence electrons. The molecule has 2 rings (SSSR count). The normalized spacial score (nSPS) is 13.6. The van der Waals surface area contributed by atoms with Gasteiger partial charge in [-0.3, -0.25) is 4.79 Å². The smallest absolute Gasteiger partial charge is 0.303 e. The minimum absolute atomic E-state index is 0.404. The molecule has 0 aliphatic heterocycles. The number of hydrogen-bond acceptors (Lipinski definition) is 5. The molecule has 1 atom stereocenters. The van der Waals surface area contributed by atoms with E-state index in [1.165, 1.54) is 13.1 Å². The van der Waals surface area contributed by atoms with E-state index in [4.69, 9.17) is 9.94 Å². The van der Waals surface area contributed by atoms with Crippen molar-refractivity contribution in [3.8, 4) is 0 Å². The molecular weight excluding hydrogens is 294 g/mol. The molecule has 1 N–H and O–H groups in total. The van der Waals surface area contributed by atoms with Crippen LogP contribution < -0.4 is 0 Å². The van der Waals surface area contributed by atoms with Crippen molar-refractivity contribution < 1.29 is 14.7 Å². The number of rotatable bonds is 6. The second-order valence-electron chi connectivity index (χ2n) is 5.43. The van der Waals surface area contributed by atoms with E-state index in [1.54, 1.807) is 0 Å². The Morgan fingerprint density at radius 3 is 2.87 bits per heavy atom. The minimum Gasteiger partial charge on any atom is -0.456 e. The third kappa shape index (κ3) is 4.42. The Morgan fingerprint density at radius 1 is 1.43 bits per heavy atom. The number of aromatic nitrogens is 2. The van der Waals surface area contributed by atoms with Gasteiger partial charge in [0.25, 0.3) is 0 Å². The largest absolute Gasteiger partial charge is 0.456 e. The van der Waals surface area contributed by atoms with Crippen LogP contribution in [-0.2, 0) is 16.1 Å². The number of benzene rings is 1. The fourth-order valence-corrected chi connectivity index (χ4v) is 2.49. The van der Waals surface area contributed by atoms with E-state index < -0.39 is 12.1 Å². The van der Waals surface area contributed by atoms with E-state index in [1.807, 2.05) is 38.1 Å². The molecule has 1 aromatic heterocycles. The van der Waals surface area contributed by atoms with Crippen LogP contribution in [0.1, 0.15) is 26.1 Å². The van der Waals surface area contributed by atoms with Crippen molar-refractivity contribution >= 4 is 23.2 Å². The minimum atomic E-state index is -0.561. The molecule has 23 heavy (non-hydrogen) atoms. The van der Waals surface area contributed by atoms with Crippen LogP contribution in [0.3, 0.4) is 0 Å². The highest BCUT2D eigenvalue weighted by atomic mass is 16.5. The van der Waals surface area contributed by atoms with Crippen LogP contribution in [-0.4, -0.2) is 33.0 Å². The maximum atomic E-state index is 11.0. The Bertz CT molecular complexity index is 747. The third-order valence-corrected chi connectivity index (χ3v) is 3.54.